The Morgan fingerprint density at radius 1 is 1.33 bits per heavy atom. The molecule has 5 heteroatoms. The zero-order chi connectivity index (χ0) is 16.0. The molecule has 0 spiro atoms. The largest absolute Gasteiger partial charge is 0.464 e. The summed E-state index contributed by atoms with van der Waals surface area (Å²) in [6.07, 6.45) is 0.788. The second kappa shape index (κ2) is 7.63. The molecule has 0 amide bonds. The van der Waals surface area contributed by atoms with E-state index in [2.05, 4.69) is 0 Å². The van der Waals surface area contributed by atoms with E-state index in [0.717, 1.165) is 12.1 Å². The van der Waals surface area contributed by atoms with Crippen LogP contribution in [0.15, 0.2) is 16.9 Å². The fourth-order valence-electron chi connectivity index (χ4n) is 1.93. The molecule has 114 valence electrons. The zero-order valence-electron chi connectivity index (χ0n) is 13.0. The summed E-state index contributed by atoms with van der Waals surface area (Å²) in [5, 5.41) is 8.93. The normalized spacial score (nSPS) is 10.7. The molecule has 5 nitrogen and oxygen atoms in total. The maximum Gasteiger partial charge on any atom is 0.326 e. The predicted molar refractivity (Wildman–Crippen MR) is 79.9 cm³/mol. The lowest BCUT2D eigenvalue weighted by Gasteiger charge is -2.15. The smallest absolute Gasteiger partial charge is 0.326 e. The zero-order valence-corrected chi connectivity index (χ0v) is 13.0. The highest BCUT2D eigenvalue weighted by Crippen LogP contribution is 2.13. The third kappa shape index (κ3) is 4.75. The Morgan fingerprint density at radius 3 is 2.52 bits per heavy atom. The van der Waals surface area contributed by atoms with Gasteiger partial charge in [-0.3, -0.25) is 9.59 Å². The van der Waals surface area contributed by atoms with Crippen molar-refractivity contribution in [2.75, 3.05) is 6.61 Å². The van der Waals surface area contributed by atoms with Crippen molar-refractivity contribution in [2.24, 2.45) is 5.92 Å². The topological polar surface area (TPSA) is 72.1 Å². The number of nitrogens with zero attached hydrogens (tertiary/aromatic N) is 2. The van der Waals surface area contributed by atoms with Crippen LogP contribution in [0.4, 0.5) is 0 Å². The summed E-state index contributed by atoms with van der Waals surface area (Å²) in [6.45, 7) is 8.15. The van der Waals surface area contributed by atoms with Crippen LogP contribution < -0.4 is 5.56 Å². The van der Waals surface area contributed by atoms with Gasteiger partial charge in [0.15, 0.2) is 0 Å². The molecule has 0 bridgehead atoms. The van der Waals surface area contributed by atoms with Gasteiger partial charge in [-0.1, -0.05) is 27.7 Å². The minimum absolute atomic E-state index is 0.0365. The van der Waals surface area contributed by atoms with Crippen molar-refractivity contribution in [3.63, 3.8) is 0 Å². The number of esters is 1. The van der Waals surface area contributed by atoms with E-state index in [4.69, 9.17) is 10.00 Å². The van der Waals surface area contributed by atoms with Crippen LogP contribution in [0.25, 0.3) is 0 Å². The first-order valence-corrected chi connectivity index (χ1v) is 7.16. The highest BCUT2D eigenvalue weighted by Gasteiger charge is 2.15. The fourth-order valence-corrected chi connectivity index (χ4v) is 1.93. The standard InChI is InChI=1S/C16H22N2O3/c1-11(2)7-8-21-15(19)10-18-14(12(3)4)6-5-13(9-17)16(18)20/h5-6,11-12H,7-8,10H2,1-4H3. The first-order valence-electron chi connectivity index (χ1n) is 7.16. The van der Waals surface area contributed by atoms with Gasteiger partial charge in [0.1, 0.15) is 18.2 Å². The van der Waals surface area contributed by atoms with E-state index < -0.39 is 11.5 Å². The molecule has 1 rings (SSSR count). The number of carbonyl (C=O) groups excluding carboxylic acids is 1. The van der Waals surface area contributed by atoms with Gasteiger partial charge in [0, 0.05) is 5.69 Å². The quantitative estimate of drug-likeness (QED) is 0.754. The molecule has 0 saturated carbocycles. The minimum Gasteiger partial charge on any atom is -0.464 e. The molecule has 0 atom stereocenters. The van der Waals surface area contributed by atoms with Gasteiger partial charge in [-0.15, -0.1) is 0 Å². The SMILES string of the molecule is CC(C)CCOC(=O)Cn1c(C(C)C)ccc(C#N)c1=O. The highest BCUT2D eigenvalue weighted by molar-refractivity contribution is 5.69. The summed E-state index contributed by atoms with van der Waals surface area (Å²) in [5.74, 6) is 0.0808. The average Bonchev–Trinajstić information content (AvgIpc) is 2.40. The molecule has 0 aliphatic heterocycles. The molecular formula is C16H22N2O3. The Bertz CT molecular complexity index is 595. The van der Waals surface area contributed by atoms with E-state index in [0.29, 0.717) is 12.5 Å². The summed E-state index contributed by atoms with van der Waals surface area (Å²) in [6, 6.07) is 5.06. The van der Waals surface area contributed by atoms with Crippen molar-refractivity contribution < 1.29 is 9.53 Å². The van der Waals surface area contributed by atoms with E-state index in [9.17, 15) is 9.59 Å². The van der Waals surface area contributed by atoms with E-state index in [1.54, 1.807) is 6.07 Å². The van der Waals surface area contributed by atoms with Gasteiger partial charge in [-0.25, -0.2) is 0 Å². The number of ether oxygens (including phenoxy) is 1. The van der Waals surface area contributed by atoms with Gasteiger partial charge in [0.25, 0.3) is 5.56 Å². The Balaban J connectivity index is 2.93. The molecule has 1 aromatic heterocycles. The second-order valence-electron chi connectivity index (χ2n) is 5.73. The summed E-state index contributed by atoms with van der Waals surface area (Å²) in [7, 11) is 0. The molecular weight excluding hydrogens is 268 g/mol. The van der Waals surface area contributed by atoms with Gasteiger partial charge in [-0.05, 0) is 30.4 Å². The number of hydrogen-bond donors (Lipinski definition) is 0. The average molecular weight is 290 g/mol. The number of carbonyl (C=O) groups is 1. The Morgan fingerprint density at radius 2 is 2.00 bits per heavy atom. The van der Waals surface area contributed by atoms with Crippen molar-refractivity contribution in [3.05, 3.63) is 33.7 Å². The van der Waals surface area contributed by atoms with Crippen LogP contribution in [-0.4, -0.2) is 17.1 Å². The molecule has 0 aliphatic rings. The monoisotopic (exact) mass is 290 g/mol. The van der Waals surface area contributed by atoms with Crippen LogP contribution in [-0.2, 0) is 16.1 Å². The molecule has 1 heterocycles. The number of rotatable bonds is 6. The van der Waals surface area contributed by atoms with E-state index in [1.165, 1.54) is 10.6 Å². The first-order chi connectivity index (χ1) is 9.86. The van der Waals surface area contributed by atoms with Crippen LogP contribution in [0.3, 0.4) is 0 Å². The molecule has 1 aromatic rings. The Kier molecular flexibility index (Phi) is 6.16. The molecule has 0 saturated heterocycles. The summed E-state index contributed by atoms with van der Waals surface area (Å²) in [4.78, 5) is 24.0. The number of nitriles is 1. The van der Waals surface area contributed by atoms with Gasteiger partial charge in [0.2, 0.25) is 0 Å². The minimum atomic E-state index is -0.449. The summed E-state index contributed by atoms with van der Waals surface area (Å²) in [5.41, 5.74) is 0.318. The lowest BCUT2D eigenvalue weighted by atomic mass is 10.1. The molecule has 0 aromatic carbocycles. The number of pyridine rings is 1. The molecule has 0 radical (unpaired) electrons. The molecule has 0 N–H and O–H groups in total. The van der Waals surface area contributed by atoms with Crippen molar-refractivity contribution in [3.8, 4) is 6.07 Å². The van der Waals surface area contributed by atoms with E-state index in [1.807, 2.05) is 33.8 Å². The maximum atomic E-state index is 12.2. The van der Waals surface area contributed by atoms with Crippen molar-refractivity contribution >= 4 is 5.97 Å². The molecule has 0 aliphatic carbocycles. The lowest BCUT2D eigenvalue weighted by molar-refractivity contribution is -0.144. The van der Waals surface area contributed by atoms with Gasteiger partial charge in [-0.2, -0.15) is 5.26 Å². The third-order valence-electron chi connectivity index (χ3n) is 3.17. The second-order valence-corrected chi connectivity index (χ2v) is 5.73. The van der Waals surface area contributed by atoms with Gasteiger partial charge >= 0.3 is 5.97 Å². The third-order valence-corrected chi connectivity index (χ3v) is 3.17. The van der Waals surface area contributed by atoms with Crippen molar-refractivity contribution in [1.29, 1.82) is 5.26 Å². The predicted octanol–water partition coefficient (Wildman–Crippen LogP) is 2.43. The number of hydrogen-bond acceptors (Lipinski definition) is 4. The molecule has 21 heavy (non-hydrogen) atoms. The fraction of sp³-hybridized carbons (Fsp3) is 0.562. The van der Waals surface area contributed by atoms with Crippen molar-refractivity contribution in [1.82, 2.24) is 4.57 Å². The van der Waals surface area contributed by atoms with E-state index >= 15 is 0 Å². The van der Waals surface area contributed by atoms with Crippen LogP contribution in [0, 0.1) is 17.2 Å². The van der Waals surface area contributed by atoms with Gasteiger partial charge in [0.05, 0.1) is 6.61 Å². The summed E-state index contributed by atoms with van der Waals surface area (Å²) >= 11 is 0. The van der Waals surface area contributed by atoms with Crippen LogP contribution >= 0.6 is 0 Å². The molecule has 0 unspecified atom stereocenters. The molecule has 0 fully saturated rings. The lowest BCUT2D eigenvalue weighted by Crippen LogP contribution is -2.30. The van der Waals surface area contributed by atoms with Gasteiger partial charge < -0.3 is 9.30 Å². The first kappa shape index (κ1) is 17.0. The highest BCUT2D eigenvalue weighted by atomic mass is 16.5. The van der Waals surface area contributed by atoms with Crippen molar-refractivity contribution in [2.45, 2.75) is 46.6 Å². The van der Waals surface area contributed by atoms with E-state index in [-0.39, 0.29) is 18.0 Å². The maximum absolute atomic E-state index is 12.2. The Labute approximate surface area is 125 Å². The Hall–Kier alpha value is -2.09. The van der Waals surface area contributed by atoms with Crippen LogP contribution in [0.2, 0.25) is 0 Å². The van der Waals surface area contributed by atoms with Crippen LogP contribution in [0.1, 0.15) is 51.3 Å². The summed E-state index contributed by atoms with van der Waals surface area (Å²) < 4.78 is 6.47. The number of aromatic nitrogens is 1. The van der Waals surface area contributed by atoms with Crippen LogP contribution in [0.5, 0.6) is 0 Å².